The maximum absolute atomic E-state index is 9.23. The van der Waals surface area contributed by atoms with Crippen molar-refractivity contribution in [3.63, 3.8) is 0 Å². The molecule has 1 fully saturated rings. The number of hydrogen-bond acceptors (Lipinski definition) is 5. The van der Waals surface area contributed by atoms with Crippen LogP contribution in [0.25, 0.3) is 0 Å². The lowest BCUT2D eigenvalue weighted by atomic mass is 10.2. The highest BCUT2D eigenvalue weighted by Crippen LogP contribution is 2.22. The van der Waals surface area contributed by atoms with Gasteiger partial charge in [0.25, 0.3) is 0 Å². The molecule has 88 valence electrons. The van der Waals surface area contributed by atoms with E-state index in [1.54, 1.807) is 6.20 Å². The fraction of sp³-hybridized carbons (Fsp3) is 0.636. The zero-order chi connectivity index (χ0) is 11.5. The summed E-state index contributed by atoms with van der Waals surface area (Å²) in [5.41, 5.74) is 1.56. The van der Waals surface area contributed by atoms with Gasteiger partial charge in [-0.05, 0) is 19.8 Å². The van der Waals surface area contributed by atoms with Crippen LogP contribution in [0.4, 0.5) is 5.95 Å². The summed E-state index contributed by atoms with van der Waals surface area (Å²) in [6.45, 7) is 2.86. The van der Waals surface area contributed by atoms with Gasteiger partial charge in [0.2, 0.25) is 5.95 Å². The van der Waals surface area contributed by atoms with Gasteiger partial charge in [-0.3, -0.25) is 0 Å². The van der Waals surface area contributed by atoms with E-state index in [4.69, 9.17) is 5.11 Å². The maximum atomic E-state index is 9.23. The Morgan fingerprint density at radius 2 is 2.31 bits per heavy atom. The van der Waals surface area contributed by atoms with E-state index in [9.17, 15) is 5.11 Å². The van der Waals surface area contributed by atoms with Gasteiger partial charge in [0, 0.05) is 24.0 Å². The van der Waals surface area contributed by atoms with Crippen LogP contribution in [0.1, 0.15) is 24.1 Å². The van der Waals surface area contributed by atoms with Crippen LogP contribution in [0.2, 0.25) is 0 Å². The van der Waals surface area contributed by atoms with E-state index in [2.05, 4.69) is 9.97 Å². The molecule has 0 aliphatic carbocycles. The molecular weight excluding hydrogens is 206 g/mol. The Labute approximate surface area is 94.8 Å². The number of hydrogen-bond donors (Lipinski definition) is 2. The molecule has 1 aliphatic heterocycles. The fourth-order valence-electron chi connectivity index (χ4n) is 2.06. The molecule has 0 aromatic carbocycles. The van der Waals surface area contributed by atoms with Crippen LogP contribution in [-0.4, -0.2) is 39.4 Å². The molecule has 1 aromatic rings. The highest BCUT2D eigenvalue weighted by Gasteiger charge is 2.26. The van der Waals surface area contributed by atoms with Gasteiger partial charge in [-0.25, -0.2) is 9.97 Å². The molecule has 1 aromatic heterocycles. The van der Waals surface area contributed by atoms with Crippen LogP contribution in [0.5, 0.6) is 0 Å². The average molecular weight is 223 g/mol. The van der Waals surface area contributed by atoms with Gasteiger partial charge >= 0.3 is 0 Å². The quantitative estimate of drug-likeness (QED) is 0.768. The smallest absolute Gasteiger partial charge is 0.225 e. The standard InChI is InChI=1S/C11H17N3O2/c1-8-9(6-15)5-12-11(13-8)14-4-2-3-10(14)7-16/h5,10,15-16H,2-4,6-7H2,1H3. The molecule has 16 heavy (non-hydrogen) atoms. The summed E-state index contributed by atoms with van der Waals surface area (Å²) in [7, 11) is 0. The lowest BCUT2D eigenvalue weighted by Crippen LogP contribution is -2.33. The Kier molecular flexibility index (Phi) is 3.36. The third-order valence-electron chi connectivity index (χ3n) is 3.08. The van der Waals surface area contributed by atoms with Gasteiger partial charge in [-0.15, -0.1) is 0 Å². The van der Waals surface area contributed by atoms with Crippen molar-refractivity contribution in [3.05, 3.63) is 17.5 Å². The average Bonchev–Trinajstić information content (AvgIpc) is 2.77. The molecular formula is C11H17N3O2. The first-order valence-corrected chi connectivity index (χ1v) is 5.57. The zero-order valence-corrected chi connectivity index (χ0v) is 9.43. The van der Waals surface area contributed by atoms with E-state index in [0.717, 1.165) is 30.6 Å². The minimum absolute atomic E-state index is 0.0322. The summed E-state index contributed by atoms with van der Waals surface area (Å²) < 4.78 is 0. The SMILES string of the molecule is Cc1nc(N2CCCC2CO)ncc1CO. The Bertz CT molecular complexity index is 370. The van der Waals surface area contributed by atoms with Crippen molar-refractivity contribution in [1.29, 1.82) is 0 Å². The van der Waals surface area contributed by atoms with Crippen molar-refractivity contribution in [1.82, 2.24) is 9.97 Å². The van der Waals surface area contributed by atoms with E-state index >= 15 is 0 Å². The van der Waals surface area contributed by atoms with Crippen LogP contribution in [-0.2, 0) is 6.61 Å². The highest BCUT2D eigenvalue weighted by molar-refractivity contribution is 5.35. The minimum atomic E-state index is -0.0322. The number of nitrogens with zero attached hydrogens (tertiary/aromatic N) is 3. The van der Waals surface area contributed by atoms with Crippen LogP contribution < -0.4 is 4.90 Å². The van der Waals surface area contributed by atoms with Gasteiger partial charge in [-0.2, -0.15) is 0 Å². The summed E-state index contributed by atoms with van der Waals surface area (Å²) in [6, 6.07) is 0.138. The molecule has 0 spiro atoms. The van der Waals surface area contributed by atoms with Gasteiger partial charge < -0.3 is 15.1 Å². The molecule has 5 nitrogen and oxygen atoms in total. The Balaban J connectivity index is 2.23. The number of aryl methyl sites for hydroxylation is 1. The van der Waals surface area contributed by atoms with E-state index in [1.165, 1.54) is 0 Å². The fourth-order valence-corrected chi connectivity index (χ4v) is 2.06. The molecule has 0 saturated carbocycles. The van der Waals surface area contributed by atoms with Gasteiger partial charge in [0.15, 0.2) is 0 Å². The van der Waals surface area contributed by atoms with Gasteiger partial charge in [0.05, 0.1) is 19.3 Å². The topological polar surface area (TPSA) is 69.5 Å². The zero-order valence-electron chi connectivity index (χ0n) is 9.43. The maximum Gasteiger partial charge on any atom is 0.225 e. The molecule has 1 saturated heterocycles. The van der Waals surface area contributed by atoms with Crippen molar-refractivity contribution in [3.8, 4) is 0 Å². The van der Waals surface area contributed by atoms with Gasteiger partial charge in [-0.1, -0.05) is 0 Å². The highest BCUT2D eigenvalue weighted by atomic mass is 16.3. The number of aromatic nitrogens is 2. The molecule has 2 heterocycles. The van der Waals surface area contributed by atoms with E-state index in [1.807, 2.05) is 11.8 Å². The van der Waals surface area contributed by atoms with Crippen molar-refractivity contribution in [2.45, 2.75) is 32.4 Å². The molecule has 1 aliphatic rings. The van der Waals surface area contributed by atoms with E-state index in [-0.39, 0.29) is 19.3 Å². The minimum Gasteiger partial charge on any atom is -0.394 e. The third kappa shape index (κ3) is 2.01. The monoisotopic (exact) mass is 223 g/mol. The number of anilines is 1. The third-order valence-corrected chi connectivity index (χ3v) is 3.08. The van der Waals surface area contributed by atoms with E-state index in [0.29, 0.717) is 5.95 Å². The largest absolute Gasteiger partial charge is 0.394 e. The normalized spacial score (nSPS) is 20.4. The Hall–Kier alpha value is -1.20. The second-order valence-corrected chi connectivity index (χ2v) is 4.11. The molecule has 5 heteroatoms. The van der Waals surface area contributed by atoms with Crippen LogP contribution in [0, 0.1) is 6.92 Å². The molecule has 2 N–H and O–H groups in total. The first-order valence-electron chi connectivity index (χ1n) is 5.57. The Morgan fingerprint density at radius 3 is 2.94 bits per heavy atom. The van der Waals surface area contributed by atoms with Crippen molar-refractivity contribution >= 4 is 5.95 Å². The number of rotatable bonds is 3. The molecule has 0 bridgehead atoms. The number of aliphatic hydroxyl groups is 2. The van der Waals surface area contributed by atoms with Crippen molar-refractivity contribution in [2.75, 3.05) is 18.1 Å². The second-order valence-electron chi connectivity index (χ2n) is 4.11. The summed E-state index contributed by atoms with van der Waals surface area (Å²) in [5.74, 6) is 0.659. The predicted molar refractivity (Wildman–Crippen MR) is 60.1 cm³/mol. The summed E-state index contributed by atoms with van der Waals surface area (Å²) >= 11 is 0. The lowest BCUT2D eigenvalue weighted by molar-refractivity contribution is 0.265. The van der Waals surface area contributed by atoms with Gasteiger partial charge in [0.1, 0.15) is 0 Å². The Morgan fingerprint density at radius 1 is 1.50 bits per heavy atom. The summed E-state index contributed by atoms with van der Waals surface area (Å²) in [5, 5.41) is 18.3. The molecule has 0 amide bonds. The summed E-state index contributed by atoms with van der Waals surface area (Å²) in [4.78, 5) is 10.6. The second kappa shape index (κ2) is 4.76. The van der Waals surface area contributed by atoms with Crippen molar-refractivity contribution in [2.24, 2.45) is 0 Å². The molecule has 1 atom stereocenters. The number of aliphatic hydroxyl groups excluding tert-OH is 2. The van der Waals surface area contributed by atoms with Crippen LogP contribution >= 0.6 is 0 Å². The molecule has 1 unspecified atom stereocenters. The lowest BCUT2D eigenvalue weighted by Gasteiger charge is -2.23. The first-order chi connectivity index (χ1) is 7.76. The molecule has 0 radical (unpaired) electrons. The summed E-state index contributed by atoms with van der Waals surface area (Å²) in [6.07, 6.45) is 3.71. The van der Waals surface area contributed by atoms with Crippen LogP contribution in [0.3, 0.4) is 0 Å². The van der Waals surface area contributed by atoms with Crippen molar-refractivity contribution < 1.29 is 10.2 Å². The van der Waals surface area contributed by atoms with E-state index < -0.39 is 0 Å². The molecule has 2 rings (SSSR count). The first kappa shape index (κ1) is 11.3. The van der Waals surface area contributed by atoms with Crippen LogP contribution in [0.15, 0.2) is 6.20 Å². The predicted octanol–water partition coefficient (Wildman–Crippen LogP) is 0.238.